The van der Waals surface area contributed by atoms with Gasteiger partial charge in [-0.2, -0.15) is 0 Å². The third kappa shape index (κ3) is 4.03. The predicted octanol–water partition coefficient (Wildman–Crippen LogP) is 4.85. The second-order valence-corrected chi connectivity index (χ2v) is 6.28. The summed E-state index contributed by atoms with van der Waals surface area (Å²) in [4.78, 5) is 24.0. The van der Waals surface area contributed by atoms with E-state index >= 15 is 0 Å². The number of hydrogen-bond donors (Lipinski definition) is 1. The van der Waals surface area contributed by atoms with Gasteiger partial charge in [0.25, 0.3) is 0 Å². The number of methoxy groups -OCH3 is 1. The monoisotopic (exact) mass is 367 g/mol. The first-order valence-electron chi connectivity index (χ1n) is 8.23. The highest BCUT2D eigenvalue weighted by Gasteiger charge is 2.12. The number of carbonyl (C=O) groups excluding carboxylic acids is 2. The minimum Gasteiger partial charge on any atom is -0.465 e. The topological polar surface area (TPSA) is 55.4 Å². The molecule has 0 atom stereocenters. The van der Waals surface area contributed by atoms with Gasteiger partial charge >= 0.3 is 5.97 Å². The van der Waals surface area contributed by atoms with Crippen molar-refractivity contribution in [1.29, 1.82) is 0 Å². The number of anilines is 1. The van der Waals surface area contributed by atoms with Crippen LogP contribution in [0.4, 0.5) is 5.69 Å². The summed E-state index contributed by atoms with van der Waals surface area (Å²) in [7, 11) is 1.30. The molecule has 1 amide bonds. The summed E-state index contributed by atoms with van der Waals surface area (Å²) in [6, 6.07) is 18.8. The van der Waals surface area contributed by atoms with Crippen LogP contribution in [-0.4, -0.2) is 19.0 Å². The van der Waals surface area contributed by atoms with E-state index in [2.05, 4.69) is 28.3 Å². The number of fused-ring (bicyclic) bond motifs is 1. The van der Waals surface area contributed by atoms with E-state index in [4.69, 9.17) is 11.6 Å². The van der Waals surface area contributed by atoms with Crippen molar-refractivity contribution < 1.29 is 14.3 Å². The largest absolute Gasteiger partial charge is 0.465 e. The Morgan fingerprint density at radius 3 is 2.62 bits per heavy atom. The molecule has 5 heteroatoms. The standard InChI is InChI=1S/C21H18ClNO3/c1-26-21(25)16-9-11-18(22)19(13-16)23-20(24)12-10-15-7-4-6-14-5-2-3-8-17(14)15/h2-9,11,13H,10,12H2,1H3,(H,23,24). The van der Waals surface area contributed by atoms with Gasteiger partial charge in [-0.05, 0) is 41.0 Å². The molecule has 3 rings (SSSR count). The van der Waals surface area contributed by atoms with Crippen molar-refractivity contribution >= 4 is 39.9 Å². The third-order valence-corrected chi connectivity index (χ3v) is 4.49. The molecule has 4 nitrogen and oxygen atoms in total. The number of aryl methyl sites for hydroxylation is 1. The highest BCUT2D eigenvalue weighted by Crippen LogP contribution is 2.24. The molecule has 0 heterocycles. The van der Waals surface area contributed by atoms with E-state index < -0.39 is 5.97 Å². The van der Waals surface area contributed by atoms with E-state index in [1.807, 2.05) is 24.3 Å². The van der Waals surface area contributed by atoms with Gasteiger partial charge in [0.2, 0.25) is 5.91 Å². The van der Waals surface area contributed by atoms with Crippen LogP contribution in [0.25, 0.3) is 10.8 Å². The highest BCUT2D eigenvalue weighted by atomic mass is 35.5. The Morgan fingerprint density at radius 2 is 1.81 bits per heavy atom. The molecule has 1 N–H and O–H groups in total. The van der Waals surface area contributed by atoms with Crippen LogP contribution < -0.4 is 5.32 Å². The van der Waals surface area contributed by atoms with Gasteiger partial charge in [0.1, 0.15) is 0 Å². The van der Waals surface area contributed by atoms with Gasteiger partial charge in [-0.15, -0.1) is 0 Å². The normalized spacial score (nSPS) is 10.5. The summed E-state index contributed by atoms with van der Waals surface area (Å²) in [5.74, 6) is -0.644. The maximum atomic E-state index is 12.3. The van der Waals surface area contributed by atoms with E-state index in [0.29, 0.717) is 29.1 Å². The summed E-state index contributed by atoms with van der Waals surface area (Å²) < 4.78 is 4.69. The second kappa shape index (κ2) is 8.02. The van der Waals surface area contributed by atoms with Crippen molar-refractivity contribution in [1.82, 2.24) is 0 Å². The fourth-order valence-electron chi connectivity index (χ4n) is 2.84. The number of esters is 1. The van der Waals surface area contributed by atoms with Gasteiger partial charge < -0.3 is 10.1 Å². The second-order valence-electron chi connectivity index (χ2n) is 5.87. The average molecular weight is 368 g/mol. The molecule has 3 aromatic carbocycles. The summed E-state index contributed by atoms with van der Waals surface area (Å²) in [5, 5.41) is 5.44. The molecular weight excluding hydrogens is 350 g/mol. The molecule has 0 aliphatic heterocycles. The first-order chi connectivity index (χ1) is 12.6. The van der Waals surface area contributed by atoms with E-state index in [9.17, 15) is 9.59 Å². The zero-order chi connectivity index (χ0) is 18.5. The molecule has 0 fully saturated rings. The Hall–Kier alpha value is -2.85. The van der Waals surface area contributed by atoms with Crippen molar-refractivity contribution in [3.8, 4) is 0 Å². The minimum absolute atomic E-state index is 0.165. The zero-order valence-corrected chi connectivity index (χ0v) is 15.0. The Morgan fingerprint density at radius 1 is 1.04 bits per heavy atom. The first kappa shape index (κ1) is 18.0. The molecule has 0 aromatic heterocycles. The predicted molar refractivity (Wildman–Crippen MR) is 104 cm³/mol. The van der Waals surface area contributed by atoms with E-state index in [1.54, 1.807) is 12.1 Å². The number of benzene rings is 3. The molecule has 0 saturated heterocycles. The minimum atomic E-state index is -0.479. The van der Waals surface area contributed by atoms with E-state index in [-0.39, 0.29) is 5.91 Å². The molecule has 132 valence electrons. The van der Waals surface area contributed by atoms with E-state index in [0.717, 1.165) is 16.3 Å². The summed E-state index contributed by atoms with van der Waals surface area (Å²) >= 11 is 6.12. The molecule has 0 aliphatic carbocycles. The van der Waals surface area contributed by atoms with Gasteiger partial charge in [0.05, 0.1) is 23.4 Å². The van der Waals surface area contributed by atoms with Crippen molar-refractivity contribution in [2.45, 2.75) is 12.8 Å². The lowest BCUT2D eigenvalue weighted by Crippen LogP contribution is -2.13. The number of nitrogens with one attached hydrogen (secondary N) is 1. The fourth-order valence-corrected chi connectivity index (χ4v) is 3.00. The molecule has 26 heavy (non-hydrogen) atoms. The van der Waals surface area contributed by atoms with Crippen LogP contribution in [-0.2, 0) is 16.0 Å². The van der Waals surface area contributed by atoms with Crippen LogP contribution in [0.3, 0.4) is 0 Å². The Kier molecular flexibility index (Phi) is 5.54. The molecule has 0 spiro atoms. The van der Waals surface area contributed by atoms with Crippen LogP contribution in [0.2, 0.25) is 5.02 Å². The van der Waals surface area contributed by atoms with Crippen LogP contribution in [0.15, 0.2) is 60.7 Å². The molecule has 0 aliphatic rings. The lowest BCUT2D eigenvalue weighted by Gasteiger charge is -2.10. The quantitative estimate of drug-likeness (QED) is 0.656. The number of rotatable bonds is 5. The zero-order valence-electron chi connectivity index (χ0n) is 14.3. The first-order valence-corrected chi connectivity index (χ1v) is 8.60. The van der Waals surface area contributed by atoms with Crippen LogP contribution >= 0.6 is 11.6 Å². The Bertz CT molecular complexity index is 963. The van der Waals surface area contributed by atoms with E-state index in [1.165, 1.54) is 13.2 Å². The van der Waals surface area contributed by atoms with Gasteiger partial charge in [-0.3, -0.25) is 4.79 Å². The number of hydrogen-bond acceptors (Lipinski definition) is 3. The number of carbonyl (C=O) groups is 2. The SMILES string of the molecule is COC(=O)c1ccc(Cl)c(NC(=O)CCc2cccc3ccccc23)c1. The van der Waals surface area contributed by atoms with Gasteiger partial charge in [0.15, 0.2) is 0 Å². The molecule has 0 radical (unpaired) electrons. The maximum absolute atomic E-state index is 12.3. The summed E-state index contributed by atoms with van der Waals surface area (Å²) in [6.07, 6.45) is 0.925. The molecule has 0 saturated carbocycles. The summed E-state index contributed by atoms with van der Waals surface area (Å²) in [5.41, 5.74) is 1.85. The summed E-state index contributed by atoms with van der Waals surface area (Å²) in [6.45, 7) is 0. The Labute approximate surface area is 156 Å². The lowest BCUT2D eigenvalue weighted by atomic mass is 10.0. The highest BCUT2D eigenvalue weighted by molar-refractivity contribution is 6.33. The van der Waals surface area contributed by atoms with Crippen molar-refractivity contribution in [2.24, 2.45) is 0 Å². The van der Waals surface area contributed by atoms with Crippen LogP contribution in [0, 0.1) is 0 Å². The maximum Gasteiger partial charge on any atom is 0.337 e. The smallest absolute Gasteiger partial charge is 0.337 e. The fraction of sp³-hybridized carbons (Fsp3) is 0.143. The Balaban J connectivity index is 1.70. The van der Waals surface area contributed by atoms with Gasteiger partial charge in [0, 0.05) is 6.42 Å². The molecule has 3 aromatic rings. The van der Waals surface area contributed by atoms with Crippen molar-refractivity contribution in [3.05, 3.63) is 76.8 Å². The molecule has 0 bridgehead atoms. The van der Waals surface area contributed by atoms with Gasteiger partial charge in [-0.25, -0.2) is 4.79 Å². The number of ether oxygens (including phenoxy) is 1. The van der Waals surface area contributed by atoms with Crippen molar-refractivity contribution in [2.75, 3.05) is 12.4 Å². The van der Waals surface area contributed by atoms with Gasteiger partial charge in [-0.1, -0.05) is 54.1 Å². The van der Waals surface area contributed by atoms with Crippen LogP contribution in [0.1, 0.15) is 22.3 Å². The number of amides is 1. The third-order valence-electron chi connectivity index (χ3n) is 4.16. The molecule has 0 unspecified atom stereocenters. The molecular formula is C21H18ClNO3. The average Bonchev–Trinajstić information content (AvgIpc) is 2.67. The van der Waals surface area contributed by atoms with Crippen LogP contribution in [0.5, 0.6) is 0 Å². The lowest BCUT2D eigenvalue weighted by molar-refractivity contribution is -0.116. The number of halogens is 1. The van der Waals surface area contributed by atoms with Crippen molar-refractivity contribution in [3.63, 3.8) is 0 Å².